The third kappa shape index (κ3) is 1.91. The van der Waals surface area contributed by atoms with Gasteiger partial charge in [-0.2, -0.15) is 0 Å². The van der Waals surface area contributed by atoms with Gasteiger partial charge in [0, 0.05) is 7.05 Å². The molecule has 0 spiro atoms. The first-order valence-electron chi connectivity index (χ1n) is 4.64. The summed E-state index contributed by atoms with van der Waals surface area (Å²) >= 11 is 5.69. The Morgan fingerprint density at radius 1 is 1.50 bits per heavy atom. The number of nitrogens with zero attached hydrogens (tertiary/aromatic N) is 3. The van der Waals surface area contributed by atoms with Gasteiger partial charge in [0.05, 0.1) is 23.0 Å². The number of aromatic nitrogens is 3. The van der Waals surface area contributed by atoms with Crippen LogP contribution in [-0.2, 0) is 7.05 Å². The first kappa shape index (κ1) is 11.0. The van der Waals surface area contributed by atoms with E-state index in [9.17, 15) is 4.39 Å². The summed E-state index contributed by atoms with van der Waals surface area (Å²) in [6, 6.07) is 3.98. The molecular weight excluding hydrogens is 231 g/mol. The highest BCUT2D eigenvalue weighted by molar-refractivity contribution is 6.30. The molecule has 16 heavy (non-hydrogen) atoms. The van der Waals surface area contributed by atoms with Gasteiger partial charge in [-0.3, -0.25) is 4.68 Å². The van der Waals surface area contributed by atoms with Gasteiger partial charge in [-0.1, -0.05) is 22.9 Å². The van der Waals surface area contributed by atoms with Crippen LogP contribution in [0.3, 0.4) is 0 Å². The van der Waals surface area contributed by atoms with Crippen molar-refractivity contribution >= 4 is 11.6 Å². The topological polar surface area (TPSA) is 56.7 Å². The van der Waals surface area contributed by atoms with E-state index in [1.165, 1.54) is 12.1 Å². The van der Waals surface area contributed by atoms with Crippen molar-refractivity contribution in [2.24, 2.45) is 12.8 Å². The third-order valence-electron chi connectivity index (χ3n) is 2.37. The van der Waals surface area contributed by atoms with Gasteiger partial charge in [0.15, 0.2) is 0 Å². The van der Waals surface area contributed by atoms with Crippen LogP contribution in [0.5, 0.6) is 0 Å². The van der Waals surface area contributed by atoms with E-state index >= 15 is 0 Å². The average molecular weight is 241 g/mol. The second kappa shape index (κ2) is 4.19. The quantitative estimate of drug-likeness (QED) is 0.869. The second-order valence-electron chi connectivity index (χ2n) is 3.43. The van der Waals surface area contributed by atoms with Gasteiger partial charge in [-0.15, -0.1) is 5.10 Å². The van der Waals surface area contributed by atoms with E-state index in [1.54, 1.807) is 24.0 Å². The van der Waals surface area contributed by atoms with Gasteiger partial charge >= 0.3 is 0 Å². The SMILES string of the molecule is Cn1nncc1C(N)c1ccc(F)c(Cl)c1. The Morgan fingerprint density at radius 2 is 2.25 bits per heavy atom. The van der Waals surface area contributed by atoms with Crippen molar-refractivity contribution in [2.75, 3.05) is 0 Å². The number of halogens is 2. The molecule has 1 aromatic heterocycles. The van der Waals surface area contributed by atoms with Crippen molar-refractivity contribution in [3.8, 4) is 0 Å². The van der Waals surface area contributed by atoms with Crippen LogP contribution in [0.25, 0.3) is 0 Å². The normalized spacial score (nSPS) is 12.8. The molecule has 0 aliphatic heterocycles. The van der Waals surface area contributed by atoms with Gasteiger partial charge in [-0.25, -0.2) is 4.39 Å². The van der Waals surface area contributed by atoms with Crippen LogP contribution in [0.1, 0.15) is 17.3 Å². The summed E-state index contributed by atoms with van der Waals surface area (Å²) in [7, 11) is 1.74. The second-order valence-corrected chi connectivity index (χ2v) is 3.84. The molecule has 1 aromatic carbocycles. The smallest absolute Gasteiger partial charge is 0.141 e. The Balaban J connectivity index is 2.38. The predicted octanol–water partition coefficient (Wildman–Crippen LogP) is 1.66. The molecule has 0 saturated heterocycles. The van der Waals surface area contributed by atoms with Crippen LogP contribution in [0.4, 0.5) is 4.39 Å². The number of hydrogen-bond acceptors (Lipinski definition) is 3. The molecule has 2 aromatic rings. The predicted molar refractivity (Wildman–Crippen MR) is 58.4 cm³/mol. The van der Waals surface area contributed by atoms with Crippen LogP contribution in [0.15, 0.2) is 24.4 Å². The zero-order valence-corrected chi connectivity index (χ0v) is 9.32. The van der Waals surface area contributed by atoms with Crippen LogP contribution in [-0.4, -0.2) is 15.0 Å². The molecule has 2 rings (SSSR count). The molecule has 1 atom stereocenters. The Labute approximate surface area is 96.8 Å². The van der Waals surface area contributed by atoms with E-state index in [2.05, 4.69) is 10.3 Å². The van der Waals surface area contributed by atoms with E-state index in [0.29, 0.717) is 0 Å². The Hall–Kier alpha value is -1.46. The molecule has 1 heterocycles. The third-order valence-corrected chi connectivity index (χ3v) is 2.66. The van der Waals surface area contributed by atoms with E-state index in [-0.39, 0.29) is 5.02 Å². The highest BCUT2D eigenvalue weighted by atomic mass is 35.5. The fourth-order valence-corrected chi connectivity index (χ4v) is 1.64. The molecular formula is C10H10ClFN4. The number of rotatable bonds is 2. The minimum Gasteiger partial charge on any atom is -0.319 e. The summed E-state index contributed by atoms with van der Waals surface area (Å²) in [4.78, 5) is 0. The molecule has 0 radical (unpaired) electrons. The van der Waals surface area contributed by atoms with Crippen molar-refractivity contribution in [3.63, 3.8) is 0 Å². The van der Waals surface area contributed by atoms with Crippen LogP contribution in [0.2, 0.25) is 5.02 Å². The Morgan fingerprint density at radius 3 is 2.81 bits per heavy atom. The standard InChI is InChI=1S/C10H10ClFN4/c1-16-9(5-14-15-16)10(13)6-2-3-8(12)7(11)4-6/h2-5,10H,13H2,1H3. The molecule has 0 saturated carbocycles. The molecule has 0 fully saturated rings. The lowest BCUT2D eigenvalue weighted by atomic mass is 10.1. The van der Waals surface area contributed by atoms with Gasteiger partial charge in [0.25, 0.3) is 0 Å². The highest BCUT2D eigenvalue weighted by Gasteiger charge is 2.14. The number of aryl methyl sites for hydroxylation is 1. The molecule has 1 unspecified atom stereocenters. The van der Waals surface area contributed by atoms with Crippen LogP contribution >= 0.6 is 11.6 Å². The van der Waals surface area contributed by atoms with Crippen molar-refractivity contribution < 1.29 is 4.39 Å². The fraction of sp³-hybridized carbons (Fsp3) is 0.200. The summed E-state index contributed by atoms with van der Waals surface area (Å²) in [5, 5.41) is 7.58. The highest BCUT2D eigenvalue weighted by Crippen LogP contribution is 2.23. The molecule has 0 aliphatic carbocycles. The molecule has 0 aliphatic rings. The minimum atomic E-state index is -0.458. The first-order valence-corrected chi connectivity index (χ1v) is 5.02. The average Bonchev–Trinajstić information content (AvgIpc) is 2.67. The Kier molecular flexibility index (Phi) is 2.89. The lowest BCUT2D eigenvalue weighted by Gasteiger charge is -2.11. The molecule has 0 bridgehead atoms. The van der Waals surface area contributed by atoms with Gasteiger partial charge in [-0.05, 0) is 17.7 Å². The molecule has 6 heteroatoms. The monoisotopic (exact) mass is 240 g/mol. The number of hydrogen-bond donors (Lipinski definition) is 1. The zero-order chi connectivity index (χ0) is 11.7. The molecule has 2 N–H and O–H groups in total. The number of nitrogens with two attached hydrogens (primary N) is 1. The van der Waals surface area contributed by atoms with Gasteiger partial charge in [0.1, 0.15) is 5.82 Å². The lowest BCUT2D eigenvalue weighted by Crippen LogP contribution is -2.16. The van der Waals surface area contributed by atoms with Gasteiger partial charge < -0.3 is 5.73 Å². The maximum atomic E-state index is 13.0. The molecule has 84 valence electrons. The van der Waals surface area contributed by atoms with Crippen molar-refractivity contribution in [3.05, 3.63) is 46.5 Å². The number of benzene rings is 1. The minimum absolute atomic E-state index is 0.0584. The van der Waals surface area contributed by atoms with Crippen molar-refractivity contribution in [1.82, 2.24) is 15.0 Å². The summed E-state index contributed by atoms with van der Waals surface area (Å²) in [6.45, 7) is 0. The largest absolute Gasteiger partial charge is 0.319 e. The van der Waals surface area contributed by atoms with E-state index in [1.807, 2.05) is 0 Å². The van der Waals surface area contributed by atoms with E-state index in [4.69, 9.17) is 17.3 Å². The maximum absolute atomic E-state index is 13.0. The van der Waals surface area contributed by atoms with E-state index < -0.39 is 11.9 Å². The first-order chi connectivity index (χ1) is 7.59. The van der Waals surface area contributed by atoms with Crippen LogP contribution < -0.4 is 5.73 Å². The van der Waals surface area contributed by atoms with Crippen molar-refractivity contribution in [1.29, 1.82) is 0 Å². The molecule has 0 amide bonds. The Bertz CT molecular complexity index is 511. The van der Waals surface area contributed by atoms with Crippen LogP contribution in [0, 0.1) is 5.82 Å². The summed E-state index contributed by atoms with van der Waals surface area (Å²) < 4.78 is 14.6. The lowest BCUT2D eigenvalue weighted by molar-refractivity contribution is 0.624. The summed E-state index contributed by atoms with van der Waals surface area (Å²) in [6.07, 6.45) is 1.57. The van der Waals surface area contributed by atoms with Crippen molar-refractivity contribution in [2.45, 2.75) is 6.04 Å². The summed E-state index contributed by atoms with van der Waals surface area (Å²) in [5.74, 6) is -0.458. The van der Waals surface area contributed by atoms with Gasteiger partial charge in [0.2, 0.25) is 0 Å². The zero-order valence-electron chi connectivity index (χ0n) is 8.56. The molecule has 4 nitrogen and oxygen atoms in total. The fourth-order valence-electron chi connectivity index (χ4n) is 1.46. The maximum Gasteiger partial charge on any atom is 0.141 e. The summed E-state index contributed by atoms with van der Waals surface area (Å²) in [5.41, 5.74) is 7.46. The van der Waals surface area contributed by atoms with E-state index in [0.717, 1.165) is 11.3 Å².